The molecule has 0 saturated heterocycles. The van der Waals surface area contributed by atoms with Gasteiger partial charge in [-0.25, -0.2) is 0 Å². The summed E-state index contributed by atoms with van der Waals surface area (Å²) in [6, 6.07) is 49.7. The van der Waals surface area contributed by atoms with Crippen LogP contribution >= 0.6 is 0 Å². The highest BCUT2D eigenvalue weighted by atomic mass is 14.5. The average molecular weight is 503 g/mol. The summed E-state index contributed by atoms with van der Waals surface area (Å²) < 4.78 is 0. The van der Waals surface area contributed by atoms with Gasteiger partial charge in [-0.1, -0.05) is 152 Å². The topological polar surface area (TPSA) is 0 Å². The molecule has 0 bridgehead atoms. The minimum absolute atomic E-state index is 0.375. The Labute approximate surface area is 232 Å². The van der Waals surface area contributed by atoms with Crippen LogP contribution in [0.4, 0.5) is 0 Å². The zero-order chi connectivity index (χ0) is 27.0. The average Bonchev–Trinajstić information content (AvgIpc) is 3.30. The largest absolute Gasteiger partial charge is 0.0713 e. The number of benzene rings is 6. The van der Waals surface area contributed by atoms with E-state index in [1.807, 2.05) is 13.8 Å². The van der Waals surface area contributed by atoms with Crippen molar-refractivity contribution in [3.63, 3.8) is 0 Å². The predicted octanol–water partition coefficient (Wildman–Crippen LogP) is 10.5. The molecule has 0 amide bonds. The van der Waals surface area contributed by atoms with Crippen LogP contribution in [0.25, 0.3) is 33.0 Å². The van der Waals surface area contributed by atoms with E-state index >= 15 is 0 Å². The second-order valence-corrected chi connectivity index (χ2v) is 10.3. The molecule has 1 aliphatic rings. The van der Waals surface area contributed by atoms with E-state index in [0.717, 1.165) is 0 Å². The Kier molecular flexibility index (Phi) is 6.41. The third-order valence-corrected chi connectivity index (χ3v) is 8.10. The van der Waals surface area contributed by atoms with Gasteiger partial charge in [0.25, 0.3) is 0 Å². The minimum atomic E-state index is -0.375. The van der Waals surface area contributed by atoms with Crippen LogP contribution in [-0.4, -0.2) is 0 Å². The van der Waals surface area contributed by atoms with Crippen molar-refractivity contribution in [1.82, 2.24) is 0 Å². The first-order chi connectivity index (χ1) is 19.2. The molecule has 0 atom stereocenters. The molecule has 1 aliphatic carbocycles. The molecule has 0 heterocycles. The van der Waals surface area contributed by atoms with Crippen LogP contribution < -0.4 is 0 Å². The number of hydrogen-bond donors (Lipinski definition) is 0. The van der Waals surface area contributed by atoms with Crippen molar-refractivity contribution in [3.05, 3.63) is 167 Å². The van der Waals surface area contributed by atoms with E-state index in [1.54, 1.807) is 0 Å². The summed E-state index contributed by atoms with van der Waals surface area (Å²) in [5, 5.41) is 2.54. The second kappa shape index (κ2) is 10.0. The molecular weight excluding hydrogens is 468 g/mol. The lowest BCUT2D eigenvalue weighted by Crippen LogP contribution is -2.28. The number of hydrogen-bond acceptors (Lipinski definition) is 0. The van der Waals surface area contributed by atoms with E-state index in [-0.39, 0.29) is 5.41 Å². The van der Waals surface area contributed by atoms with Crippen molar-refractivity contribution in [3.8, 4) is 22.3 Å². The molecule has 6 aromatic carbocycles. The maximum absolute atomic E-state index is 2.35. The van der Waals surface area contributed by atoms with Crippen LogP contribution in [-0.2, 0) is 5.41 Å². The fourth-order valence-corrected chi connectivity index (χ4v) is 6.32. The highest BCUT2D eigenvalue weighted by Crippen LogP contribution is 2.58. The van der Waals surface area contributed by atoms with Crippen molar-refractivity contribution in [2.24, 2.45) is 0 Å². The summed E-state index contributed by atoms with van der Waals surface area (Å²) in [5.41, 5.74) is 12.7. The van der Waals surface area contributed by atoms with Gasteiger partial charge >= 0.3 is 0 Å². The first kappa shape index (κ1) is 24.9. The van der Waals surface area contributed by atoms with E-state index in [1.165, 1.54) is 66.4 Å². The normalized spacial score (nSPS) is 12.8. The van der Waals surface area contributed by atoms with Crippen molar-refractivity contribution >= 4 is 10.8 Å². The van der Waals surface area contributed by atoms with Gasteiger partial charge in [0.05, 0.1) is 5.41 Å². The molecule has 0 aliphatic heterocycles. The third-order valence-electron chi connectivity index (χ3n) is 8.10. The highest BCUT2D eigenvalue weighted by Gasteiger charge is 2.46. The van der Waals surface area contributed by atoms with Gasteiger partial charge in [-0.2, -0.15) is 0 Å². The molecular formula is C39H34. The highest BCUT2D eigenvalue weighted by molar-refractivity contribution is 5.97. The Bertz CT molecular complexity index is 1720. The molecule has 0 fully saturated rings. The van der Waals surface area contributed by atoms with E-state index in [9.17, 15) is 0 Å². The van der Waals surface area contributed by atoms with E-state index < -0.39 is 0 Å². The van der Waals surface area contributed by atoms with Crippen LogP contribution in [0.1, 0.15) is 47.2 Å². The summed E-state index contributed by atoms with van der Waals surface area (Å²) in [5.74, 6) is 0. The number of fused-ring (bicyclic) bond motifs is 4. The lowest BCUT2D eigenvalue weighted by atomic mass is 9.67. The van der Waals surface area contributed by atoms with Gasteiger partial charge in [0, 0.05) is 0 Å². The van der Waals surface area contributed by atoms with Gasteiger partial charge in [-0.3, -0.25) is 0 Å². The Morgan fingerprint density at radius 1 is 0.436 bits per heavy atom. The predicted molar refractivity (Wildman–Crippen MR) is 168 cm³/mol. The third kappa shape index (κ3) is 3.91. The molecule has 0 N–H and O–H groups in total. The quantitative estimate of drug-likeness (QED) is 0.225. The Morgan fingerprint density at radius 2 is 0.974 bits per heavy atom. The van der Waals surface area contributed by atoms with Crippen LogP contribution in [0.2, 0.25) is 0 Å². The smallest absolute Gasteiger partial charge is 0.0683 e. The van der Waals surface area contributed by atoms with Gasteiger partial charge in [0.2, 0.25) is 0 Å². The fraction of sp³-hybridized carbons (Fsp3) is 0.128. The number of aryl methyl sites for hydroxylation is 2. The Morgan fingerprint density at radius 3 is 1.64 bits per heavy atom. The summed E-state index contributed by atoms with van der Waals surface area (Å²) in [7, 11) is 0. The van der Waals surface area contributed by atoms with Gasteiger partial charge in [0.1, 0.15) is 0 Å². The molecule has 39 heavy (non-hydrogen) atoms. The molecule has 190 valence electrons. The van der Waals surface area contributed by atoms with Gasteiger partial charge < -0.3 is 0 Å². The molecule has 6 aromatic rings. The van der Waals surface area contributed by atoms with Crippen molar-refractivity contribution in [1.29, 1.82) is 0 Å². The lowest BCUT2D eigenvalue weighted by Gasteiger charge is -2.34. The molecule has 7 rings (SSSR count). The maximum atomic E-state index is 2.35. The fourth-order valence-electron chi connectivity index (χ4n) is 6.32. The van der Waals surface area contributed by atoms with Crippen LogP contribution in [0, 0.1) is 13.8 Å². The monoisotopic (exact) mass is 502 g/mol. The Balaban J connectivity index is 0.00000135. The SMILES string of the molecule is CC.Cc1ccc(C2(c3ccc(C)cc3)c3ccccc3-c3c(-c4ccc5ccccc5c4)cccc32)cc1. The van der Waals surface area contributed by atoms with Crippen LogP contribution in [0.5, 0.6) is 0 Å². The van der Waals surface area contributed by atoms with Crippen LogP contribution in [0.15, 0.2) is 133 Å². The van der Waals surface area contributed by atoms with Gasteiger partial charge in [0.15, 0.2) is 0 Å². The summed E-state index contributed by atoms with van der Waals surface area (Å²) in [6.07, 6.45) is 0. The first-order valence-corrected chi connectivity index (χ1v) is 14.0. The van der Waals surface area contributed by atoms with Gasteiger partial charge in [-0.05, 0) is 75.2 Å². The van der Waals surface area contributed by atoms with Gasteiger partial charge in [-0.15, -0.1) is 0 Å². The summed E-state index contributed by atoms with van der Waals surface area (Å²) >= 11 is 0. The molecule has 0 aromatic heterocycles. The minimum Gasteiger partial charge on any atom is -0.0683 e. The maximum Gasteiger partial charge on any atom is 0.0713 e. The zero-order valence-electron chi connectivity index (χ0n) is 23.2. The molecule has 0 radical (unpaired) electrons. The lowest BCUT2D eigenvalue weighted by molar-refractivity contribution is 0.767. The Hall–Kier alpha value is -4.42. The van der Waals surface area contributed by atoms with Crippen molar-refractivity contribution in [2.45, 2.75) is 33.1 Å². The van der Waals surface area contributed by atoms with Crippen molar-refractivity contribution < 1.29 is 0 Å². The van der Waals surface area contributed by atoms with E-state index in [2.05, 4.69) is 147 Å². The zero-order valence-corrected chi connectivity index (χ0v) is 23.2. The first-order valence-electron chi connectivity index (χ1n) is 14.0. The van der Waals surface area contributed by atoms with E-state index in [0.29, 0.717) is 0 Å². The molecule has 0 spiro atoms. The second-order valence-electron chi connectivity index (χ2n) is 10.3. The van der Waals surface area contributed by atoms with Crippen LogP contribution in [0.3, 0.4) is 0 Å². The summed E-state index contributed by atoms with van der Waals surface area (Å²) in [4.78, 5) is 0. The molecule has 0 unspecified atom stereocenters. The standard InChI is InChI=1S/C37H28.C2H6/c1-25-14-20-30(21-15-25)37(31-22-16-26(2)17-23-31)34-12-6-5-10-33(34)36-32(11-7-13-35(36)37)29-19-18-27-8-3-4-9-28(27)24-29;1-2/h3-24H,1-2H3;1-2H3. The van der Waals surface area contributed by atoms with Crippen molar-refractivity contribution in [2.75, 3.05) is 0 Å². The molecule has 0 saturated carbocycles. The molecule has 0 nitrogen and oxygen atoms in total. The van der Waals surface area contributed by atoms with E-state index in [4.69, 9.17) is 0 Å². The number of rotatable bonds is 3. The molecule has 0 heteroatoms. The summed E-state index contributed by atoms with van der Waals surface area (Å²) in [6.45, 7) is 8.33.